The SMILES string of the molecule is CC/C=C/C=C/C=C\C=C/C=C/CCCCC(O)C(=O)NC(COC1OC(CO)C(O)C(O)C1OC(=O)CCCCCCCCCCCCCCCCCCCCC)C(O)/C=C/CCCCCCCCCCC. The average Bonchev–Trinajstić information content (AvgIpc) is 3.39. The van der Waals surface area contributed by atoms with E-state index in [1.807, 2.05) is 60.8 Å². The quantitative estimate of drug-likeness (QED) is 0.0149. The summed E-state index contributed by atoms with van der Waals surface area (Å²) in [6, 6.07) is -1.05. The fourth-order valence-corrected chi connectivity index (χ4v) is 9.03. The van der Waals surface area contributed by atoms with Crippen molar-refractivity contribution < 1.29 is 49.3 Å². The van der Waals surface area contributed by atoms with E-state index < -0.39 is 67.4 Å². The molecule has 8 atom stereocenters. The molecule has 0 aromatic heterocycles. The molecule has 1 rings (SSSR count). The zero-order valence-electron chi connectivity index (χ0n) is 46.5. The Labute approximate surface area is 445 Å². The summed E-state index contributed by atoms with van der Waals surface area (Å²) in [5, 5.41) is 56.8. The van der Waals surface area contributed by atoms with E-state index in [0.29, 0.717) is 12.8 Å². The second-order valence-corrected chi connectivity index (χ2v) is 20.5. The van der Waals surface area contributed by atoms with Crippen LogP contribution < -0.4 is 5.32 Å². The lowest BCUT2D eigenvalue weighted by Crippen LogP contribution is -2.61. The second-order valence-electron chi connectivity index (χ2n) is 20.5. The molecule has 1 fully saturated rings. The van der Waals surface area contributed by atoms with Gasteiger partial charge in [0.05, 0.1) is 25.4 Å². The van der Waals surface area contributed by atoms with Crippen molar-refractivity contribution in [1.82, 2.24) is 5.32 Å². The molecule has 0 saturated carbocycles. The van der Waals surface area contributed by atoms with Crippen molar-refractivity contribution in [3.05, 3.63) is 72.9 Å². The molecule has 0 aromatic rings. The van der Waals surface area contributed by atoms with Gasteiger partial charge in [-0.05, 0) is 44.9 Å². The summed E-state index contributed by atoms with van der Waals surface area (Å²) in [5.74, 6) is -1.24. The summed E-state index contributed by atoms with van der Waals surface area (Å²) >= 11 is 0. The third-order valence-electron chi connectivity index (χ3n) is 13.8. The Balaban J connectivity index is 2.70. The van der Waals surface area contributed by atoms with Crippen molar-refractivity contribution in [3.63, 3.8) is 0 Å². The highest BCUT2D eigenvalue weighted by molar-refractivity contribution is 5.80. The predicted octanol–water partition coefficient (Wildman–Crippen LogP) is 13.6. The number of amides is 1. The van der Waals surface area contributed by atoms with Gasteiger partial charge in [0.25, 0.3) is 0 Å². The van der Waals surface area contributed by atoms with Gasteiger partial charge in [-0.3, -0.25) is 9.59 Å². The van der Waals surface area contributed by atoms with E-state index in [9.17, 15) is 35.1 Å². The van der Waals surface area contributed by atoms with Crippen LogP contribution in [0.15, 0.2) is 72.9 Å². The van der Waals surface area contributed by atoms with Crippen LogP contribution in [0.4, 0.5) is 0 Å². The number of aliphatic hydroxyl groups excluding tert-OH is 5. The van der Waals surface area contributed by atoms with Gasteiger partial charge in [-0.1, -0.05) is 267 Å². The van der Waals surface area contributed by atoms with Crippen LogP contribution in [0, 0.1) is 0 Å². The Bertz CT molecular complexity index is 1460. The van der Waals surface area contributed by atoms with E-state index in [0.717, 1.165) is 64.2 Å². The van der Waals surface area contributed by atoms with E-state index in [1.54, 1.807) is 6.08 Å². The number of nitrogens with one attached hydrogen (secondary N) is 1. The predicted molar refractivity (Wildman–Crippen MR) is 301 cm³/mol. The molecule has 11 nitrogen and oxygen atoms in total. The number of carbonyl (C=O) groups excluding carboxylic acids is 2. The zero-order valence-corrected chi connectivity index (χ0v) is 46.5. The smallest absolute Gasteiger partial charge is 0.306 e. The molecule has 1 heterocycles. The Hall–Kier alpha value is -2.90. The highest BCUT2D eigenvalue weighted by Gasteiger charge is 2.47. The number of hydrogen-bond donors (Lipinski definition) is 6. The van der Waals surface area contributed by atoms with Crippen LogP contribution in [0.3, 0.4) is 0 Å². The molecule has 11 heteroatoms. The van der Waals surface area contributed by atoms with Crippen LogP contribution in [0.1, 0.15) is 245 Å². The van der Waals surface area contributed by atoms with Crippen molar-refractivity contribution in [3.8, 4) is 0 Å². The van der Waals surface area contributed by atoms with Crippen molar-refractivity contribution in [1.29, 1.82) is 0 Å². The number of esters is 1. The molecule has 1 aliphatic rings. The first-order valence-corrected chi connectivity index (χ1v) is 29.8. The molecule has 0 bridgehead atoms. The van der Waals surface area contributed by atoms with E-state index in [4.69, 9.17) is 14.2 Å². The number of carbonyl (C=O) groups is 2. The molecule has 1 aliphatic heterocycles. The van der Waals surface area contributed by atoms with Crippen LogP contribution in [0.2, 0.25) is 0 Å². The average molecular weight is 1030 g/mol. The lowest BCUT2D eigenvalue weighted by molar-refractivity contribution is -0.305. The zero-order chi connectivity index (χ0) is 53.3. The van der Waals surface area contributed by atoms with Crippen molar-refractivity contribution in [2.24, 2.45) is 0 Å². The monoisotopic (exact) mass is 1030 g/mol. The highest BCUT2D eigenvalue weighted by Crippen LogP contribution is 2.26. The standard InChI is InChI=1S/C62H109NO10/c1-4-7-10-13-16-19-22-24-26-27-28-29-30-32-35-38-41-44-47-50-57(67)73-60-59(69)58(68)56(51-64)72-62(60)71-52-53(54(65)48-45-42-39-36-33-21-18-15-12-9-6-3)63-61(70)55(66)49-46-43-40-37-34-31-25-23-20-17-14-11-8-5-2/h8,11,14,17,20,23,25,31,34,37,45,48,53-56,58-60,62,64-66,68-69H,4-7,9-10,12-13,15-16,18-19,21-22,24,26-30,32-33,35-36,38-44,46-47,49-52H2,1-3H3,(H,63,70)/b11-8+,17-14+,23-20-,31-25-,37-34+,48-45+. The summed E-state index contributed by atoms with van der Waals surface area (Å²) in [4.78, 5) is 26.5. The largest absolute Gasteiger partial charge is 0.454 e. The van der Waals surface area contributed by atoms with Gasteiger partial charge in [-0.2, -0.15) is 0 Å². The van der Waals surface area contributed by atoms with E-state index >= 15 is 0 Å². The minimum atomic E-state index is -1.62. The summed E-state index contributed by atoms with van der Waals surface area (Å²) < 4.78 is 17.6. The fourth-order valence-electron chi connectivity index (χ4n) is 9.03. The lowest BCUT2D eigenvalue weighted by atomic mass is 9.99. The van der Waals surface area contributed by atoms with Gasteiger partial charge in [0.15, 0.2) is 12.4 Å². The van der Waals surface area contributed by atoms with E-state index in [2.05, 4.69) is 32.2 Å². The third-order valence-corrected chi connectivity index (χ3v) is 13.8. The molecular formula is C62H109NO10. The highest BCUT2D eigenvalue weighted by atomic mass is 16.7. The molecule has 0 aliphatic carbocycles. The maximum absolute atomic E-state index is 13.3. The summed E-state index contributed by atoms with van der Waals surface area (Å²) in [7, 11) is 0. The van der Waals surface area contributed by atoms with Crippen LogP contribution in [-0.4, -0.2) is 99.6 Å². The molecule has 73 heavy (non-hydrogen) atoms. The number of ether oxygens (including phenoxy) is 3. The van der Waals surface area contributed by atoms with Gasteiger partial charge < -0.3 is 45.1 Å². The molecule has 0 aromatic carbocycles. The fraction of sp³-hybridized carbons (Fsp3) is 0.774. The Morgan fingerprint density at radius 1 is 0.548 bits per heavy atom. The number of allylic oxidation sites excluding steroid dienone is 11. The number of unbranched alkanes of at least 4 members (excludes halogenated alkanes) is 29. The maximum Gasteiger partial charge on any atom is 0.306 e. The van der Waals surface area contributed by atoms with Gasteiger partial charge in [-0.15, -0.1) is 0 Å². The number of aliphatic hydroxyl groups is 5. The van der Waals surface area contributed by atoms with Gasteiger partial charge in [-0.25, -0.2) is 0 Å². The molecule has 1 amide bonds. The van der Waals surface area contributed by atoms with Gasteiger partial charge in [0, 0.05) is 6.42 Å². The molecule has 6 N–H and O–H groups in total. The first-order valence-electron chi connectivity index (χ1n) is 29.8. The number of rotatable bonds is 49. The Kier molecular flexibility index (Phi) is 46.6. The van der Waals surface area contributed by atoms with E-state index in [-0.39, 0.29) is 19.4 Å². The molecule has 0 spiro atoms. The maximum atomic E-state index is 13.3. The van der Waals surface area contributed by atoms with Crippen LogP contribution in [-0.2, 0) is 23.8 Å². The van der Waals surface area contributed by atoms with Gasteiger partial charge in [0.1, 0.15) is 24.4 Å². The van der Waals surface area contributed by atoms with Crippen LogP contribution in [0.25, 0.3) is 0 Å². The van der Waals surface area contributed by atoms with Crippen molar-refractivity contribution >= 4 is 11.9 Å². The molecule has 1 saturated heterocycles. The Morgan fingerprint density at radius 3 is 1.48 bits per heavy atom. The third kappa shape index (κ3) is 38.3. The molecule has 0 radical (unpaired) electrons. The normalized spacial score (nSPS) is 19.9. The van der Waals surface area contributed by atoms with Crippen molar-refractivity contribution in [2.45, 2.75) is 294 Å². The van der Waals surface area contributed by atoms with E-state index in [1.165, 1.54) is 135 Å². The summed E-state index contributed by atoms with van der Waals surface area (Å²) in [6.45, 7) is 5.61. The molecule has 422 valence electrons. The first kappa shape index (κ1) is 68.1. The van der Waals surface area contributed by atoms with Gasteiger partial charge >= 0.3 is 5.97 Å². The minimum Gasteiger partial charge on any atom is -0.454 e. The topological polar surface area (TPSA) is 175 Å². The first-order chi connectivity index (χ1) is 35.7. The summed E-state index contributed by atoms with van der Waals surface area (Å²) in [6.07, 6.45) is 52.4. The molecular weight excluding hydrogens is 919 g/mol. The lowest BCUT2D eigenvalue weighted by Gasteiger charge is -2.41. The Morgan fingerprint density at radius 2 is 0.986 bits per heavy atom. The van der Waals surface area contributed by atoms with Gasteiger partial charge in [0.2, 0.25) is 5.91 Å². The second kappa shape index (κ2) is 49.9. The van der Waals surface area contributed by atoms with Crippen LogP contribution >= 0.6 is 0 Å². The van der Waals surface area contributed by atoms with Crippen molar-refractivity contribution in [2.75, 3.05) is 13.2 Å². The summed E-state index contributed by atoms with van der Waals surface area (Å²) in [5.41, 5.74) is 0. The minimum absolute atomic E-state index is 0.119. The number of hydrogen-bond acceptors (Lipinski definition) is 10. The molecule has 8 unspecified atom stereocenters. The van der Waals surface area contributed by atoms with Crippen LogP contribution in [0.5, 0.6) is 0 Å².